The van der Waals surface area contributed by atoms with E-state index < -0.39 is 0 Å². The summed E-state index contributed by atoms with van der Waals surface area (Å²) < 4.78 is 0.913. The average Bonchev–Trinajstić information content (AvgIpc) is 3.13. The molecule has 4 heterocycles. The van der Waals surface area contributed by atoms with Crippen LogP contribution in [-0.4, -0.2) is 29.4 Å². The smallest absolute Gasteiger partial charge is 0.148 e. The fourth-order valence-corrected chi connectivity index (χ4v) is 2.90. The van der Waals surface area contributed by atoms with Crippen LogP contribution in [0.5, 0.6) is 0 Å². The maximum atomic E-state index is 8.65. The largest absolute Gasteiger partial charge is 0.383 e. The lowest BCUT2D eigenvalue weighted by atomic mass is 10.2. The van der Waals surface area contributed by atoms with Crippen molar-refractivity contribution in [2.75, 3.05) is 11.5 Å². The van der Waals surface area contributed by atoms with E-state index in [1.165, 1.54) is 12.7 Å². The summed E-state index contributed by atoms with van der Waals surface area (Å²) in [6, 6.07) is 1.95. The zero-order valence-corrected chi connectivity index (χ0v) is 13.9. The fraction of sp³-hybridized carbons (Fsp3) is 0.154. The summed E-state index contributed by atoms with van der Waals surface area (Å²) in [5.74, 6) is 0.860. The highest BCUT2D eigenvalue weighted by molar-refractivity contribution is 14.1. The number of nitrogens with zero attached hydrogens (tertiary/aromatic N) is 7. The zero-order valence-electron chi connectivity index (χ0n) is 11.7. The highest BCUT2D eigenvalue weighted by atomic mass is 127. The minimum Gasteiger partial charge on any atom is -0.383 e. The molecule has 0 spiro atoms. The molecular weight excluding hydrogens is 409 g/mol. The van der Waals surface area contributed by atoms with Gasteiger partial charge < -0.3 is 11.5 Å². The second-order valence-electron chi connectivity index (χ2n) is 4.54. The summed E-state index contributed by atoms with van der Waals surface area (Å²) >= 11 is 2.14. The quantitative estimate of drug-likeness (QED) is 0.595. The molecule has 4 N–H and O–H groups in total. The number of aliphatic imine (C=N–C) groups is 2. The molecule has 0 fully saturated rings. The number of nitriles is 1. The minimum atomic E-state index is 0.331. The third-order valence-electron chi connectivity index (χ3n) is 3.21. The Labute approximate surface area is 144 Å². The van der Waals surface area contributed by atoms with Gasteiger partial charge in [-0.1, -0.05) is 0 Å². The summed E-state index contributed by atoms with van der Waals surface area (Å²) in [5.41, 5.74) is 14.7. The number of hydrogen-bond donors (Lipinski definition) is 2. The number of halogens is 1. The van der Waals surface area contributed by atoms with Gasteiger partial charge in [0.1, 0.15) is 39.8 Å². The summed E-state index contributed by atoms with van der Waals surface area (Å²) in [6.45, 7) is 1.07. The van der Waals surface area contributed by atoms with Gasteiger partial charge in [0.25, 0.3) is 0 Å². The van der Waals surface area contributed by atoms with Crippen molar-refractivity contribution in [1.29, 1.82) is 5.26 Å². The molecule has 10 heteroatoms. The van der Waals surface area contributed by atoms with Crippen LogP contribution in [0.1, 0.15) is 22.5 Å². The van der Waals surface area contributed by atoms with Crippen LogP contribution < -0.4 is 11.5 Å². The van der Waals surface area contributed by atoms with Gasteiger partial charge in [-0.05, 0) is 22.6 Å². The van der Waals surface area contributed by atoms with Gasteiger partial charge in [0.05, 0.1) is 35.6 Å². The molecule has 0 aromatic carbocycles. The highest BCUT2D eigenvalue weighted by Gasteiger charge is 2.20. The van der Waals surface area contributed by atoms with Gasteiger partial charge in [0, 0.05) is 0 Å². The van der Waals surface area contributed by atoms with Crippen LogP contribution >= 0.6 is 22.6 Å². The molecule has 4 rings (SSSR count). The predicted molar refractivity (Wildman–Crippen MR) is 93.0 cm³/mol. The third-order valence-corrected chi connectivity index (χ3v) is 4.09. The average molecular weight is 419 g/mol. The van der Waals surface area contributed by atoms with Gasteiger partial charge in [0.15, 0.2) is 0 Å². The van der Waals surface area contributed by atoms with Crippen molar-refractivity contribution in [3.8, 4) is 6.07 Å². The number of aromatic nitrogens is 4. The van der Waals surface area contributed by atoms with E-state index in [9.17, 15) is 0 Å². The Morgan fingerprint density at radius 1 is 0.913 bits per heavy atom. The molecule has 0 amide bonds. The van der Waals surface area contributed by atoms with Crippen molar-refractivity contribution < 1.29 is 0 Å². The van der Waals surface area contributed by atoms with E-state index in [-0.39, 0.29) is 0 Å². The van der Waals surface area contributed by atoms with Crippen LogP contribution in [0.15, 0.2) is 22.6 Å². The second kappa shape index (κ2) is 6.21. The van der Waals surface area contributed by atoms with Crippen LogP contribution in [0.25, 0.3) is 0 Å². The Bertz CT molecular complexity index is 881. The molecule has 9 nitrogen and oxygen atoms in total. The summed E-state index contributed by atoms with van der Waals surface area (Å²) in [5, 5.41) is 8.65. The van der Waals surface area contributed by atoms with Gasteiger partial charge >= 0.3 is 0 Å². The van der Waals surface area contributed by atoms with Gasteiger partial charge in [-0.25, -0.2) is 19.9 Å². The minimum absolute atomic E-state index is 0.331. The maximum Gasteiger partial charge on any atom is 0.148 e. The molecule has 2 aromatic rings. The van der Waals surface area contributed by atoms with Crippen molar-refractivity contribution in [3.05, 3.63) is 35.2 Å². The monoisotopic (exact) mass is 419 g/mol. The van der Waals surface area contributed by atoms with Gasteiger partial charge in [-0.3, -0.25) is 9.98 Å². The summed E-state index contributed by atoms with van der Waals surface area (Å²) in [6.07, 6.45) is 2.85. The second-order valence-corrected chi connectivity index (χ2v) is 5.57. The lowest BCUT2D eigenvalue weighted by Gasteiger charge is -1.98. The van der Waals surface area contributed by atoms with Crippen LogP contribution in [0, 0.1) is 11.3 Å². The van der Waals surface area contributed by atoms with E-state index in [2.05, 4.69) is 52.5 Å². The van der Waals surface area contributed by atoms with E-state index in [4.69, 9.17) is 16.7 Å². The molecule has 23 heavy (non-hydrogen) atoms. The Morgan fingerprint density at radius 3 is 2.09 bits per heavy atom. The Hall–Kier alpha value is -2.68. The standard InChI is InChI=1S/C7H5N5.C6H5IN4/c8-1-4-6-5(2-10-4)11-3-12-7(6)9;7-5-4-3(1-9-5)10-2-11-6(4)8/h3H,2H2,(H2,9,11,12);2H,1H2,(H2,8,10,11). The molecule has 0 atom stereocenters. The van der Waals surface area contributed by atoms with E-state index in [1.54, 1.807) is 0 Å². The highest BCUT2D eigenvalue weighted by Crippen LogP contribution is 2.23. The molecule has 0 radical (unpaired) electrons. The number of fused-ring (bicyclic) bond motifs is 2. The molecular formula is C13H10IN9. The van der Waals surface area contributed by atoms with Gasteiger partial charge in [0.2, 0.25) is 0 Å². The number of anilines is 2. The van der Waals surface area contributed by atoms with Gasteiger partial charge in [-0.15, -0.1) is 0 Å². The molecule has 0 aliphatic carbocycles. The first-order valence-electron chi connectivity index (χ1n) is 6.45. The van der Waals surface area contributed by atoms with Crippen molar-refractivity contribution in [1.82, 2.24) is 19.9 Å². The number of hydrogen-bond acceptors (Lipinski definition) is 9. The van der Waals surface area contributed by atoms with Crippen LogP contribution in [-0.2, 0) is 13.1 Å². The van der Waals surface area contributed by atoms with Crippen LogP contribution in [0.3, 0.4) is 0 Å². The Balaban J connectivity index is 0.000000136. The normalized spacial score (nSPS) is 13.9. The first-order chi connectivity index (χ1) is 11.1. The van der Waals surface area contributed by atoms with Crippen molar-refractivity contribution in [3.63, 3.8) is 0 Å². The first-order valence-corrected chi connectivity index (χ1v) is 7.53. The molecule has 0 saturated heterocycles. The third kappa shape index (κ3) is 2.82. The molecule has 2 aromatic heterocycles. The van der Waals surface area contributed by atoms with E-state index in [0.717, 1.165) is 20.7 Å². The summed E-state index contributed by atoms with van der Waals surface area (Å²) in [7, 11) is 0. The number of nitrogen functional groups attached to an aromatic ring is 2. The topological polar surface area (TPSA) is 152 Å². The fourth-order valence-electron chi connectivity index (χ4n) is 2.15. The first kappa shape index (κ1) is 15.2. The van der Waals surface area contributed by atoms with E-state index in [0.29, 0.717) is 36.0 Å². The number of rotatable bonds is 0. The van der Waals surface area contributed by atoms with E-state index >= 15 is 0 Å². The molecule has 0 saturated carbocycles. The molecule has 114 valence electrons. The summed E-state index contributed by atoms with van der Waals surface area (Å²) in [4.78, 5) is 23.8. The lowest BCUT2D eigenvalue weighted by molar-refractivity contribution is 0.997. The predicted octanol–water partition coefficient (Wildman–Crippen LogP) is 0.639. The van der Waals surface area contributed by atoms with Crippen molar-refractivity contribution >= 4 is 43.7 Å². The van der Waals surface area contributed by atoms with Gasteiger partial charge in [-0.2, -0.15) is 5.26 Å². The maximum absolute atomic E-state index is 8.65. The zero-order chi connectivity index (χ0) is 16.4. The SMILES string of the molecule is N#CC1=NCc2ncnc(N)c21.Nc1ncnc2c1C(I)=NC2. The van der Waals surface area contributed by atoms with Crippen molar-refractivity contribution in [2.45, 2.75) is 13.1 Å². The molecule has 0 unspecified atom stereocenters. The Kier molecular flexibility index (Phi) is 4.11. The lowest BCUT2D eigenvalue weighted by Crippen LogP contribution is -2.04. The van der Waals surface area contributed by atoms with Crippen LogP contribution in [0.4, 0.5) is 11.6 Å². The van der Waals surface area contributed by atoms with E-state index in [1.807, 2.05) is 6.07 Å². The molecule has 2 aliphatic rings. The molecule has 2 aliphatic heterocycles. The van der Waals surface area contributed by atoms with Crippen molar-refractivity contribution in [2.24, 2.45) is 9.98 Å². The molecule has 0 bridgehead atoms. The Morgan fingerprint density at radius 2 is 1.48 bits per heavy atom. The van der Waals surface area contributed by atoms with Crippen LogP contribution in [0.2, 0.25) is 0 Å². The number of nitrogens with two attached hydrogens (primary N) is 2.